The molecule has 0 spiro atoms. The highest BCUT2D eigenvalue weighted by molar-refractivity contribution is 5.18. The summed E-state index contributed by atoms with van der Waals surface area (Å²) in [6, 6.07) is 0. The summed E-state index contributed by atoms with van der Waals surface area (Å²) in [4.78, 5) is 2.40. The Hall–Kier alpha value is -0.520. The van der Waals surface area contributed by atoms with Crippen molar-refractivity contribution in [3.8, 4) is 11.8 Å². The predicted molar refractivity (Wildman–Crippen MR) is 52.1 cm³/mol. The molecule has 0 amide bonds. The number of hydrogen-bond acceptors (Lipinski definition) is 2. The fraction of sp³-hybridized carbons (Fsp3) is 0.818. The van der Waals surface area contributed by atoms with E-state index in [1.165, 1.54) is 19.5 Å². The number of fused-ring (bicyclic) bond motifs is 1. The molecule has 2 atom stereocenters. The van der Waals surface area contributed by atoms with Crippen LogP contribution in [0.5, 0.6) is 0 Å². The summed E-state index contributed by atoms with van der Waals surface area (Å²) in [7, 11) is 0. The Morgan fingerprint density at radius 2 is 1.85 bits per heavy atom. The molecular weight excluding hydrogens is 162 g/mol. The van der Waals surface area contributed by atoms with Crippen molar-refractivity contribution in [2.45, 2.75) is 20.3 Å². The van der Waals surface area contributed by atoms with Crippen molar-refractivity contribution in [3.63, 3.8) is 0 Å². The Bertz CT molecular complexity index is 262. The maximum absolute atomic E-state index is 8.51. The summed E-state index contributed by atoms with van der Waals surface area (Å²) in [5.41, 5.74) is 1.13. The van der Waals surface area contributed by atoms with E-state index in [0.29, 0.717) is 10.8 Å². The van der Waals surface area contributed by atoms with Gasteiger partial charge in [-0.2, -0.15) is 0 Å². The van der Waals surface area contributed by atoms with Crippen LogP contribution in [-0.4, -0.2) is 36.2 Å². The molecule has 0 radical (unpaired) electrons. The number of nitrogens with zero attached hydrogens (tertiary/aromatic N) is 1. The molecule has 1 aliphatic heterocycles. The van der Waals surface area contributed by atoms with Crippen molar-refractivity contribution in [2.24, 2.45) is 10.8 Å². The molecule has 0 aromatic carbocycles. The van der Waals surface area contributed by atoms with Crippen LogP contribution in [0.15, 0.2) is 0 Å². The van der Waals surface area contributed by atoms with Gasteiger partial charge in [0.05, 0.1) is 6.54 Å². The third kappa shape index (κ3) is 1.37. The molecule has 2 nitrogen and oxygen atoms in total. The lowest BCUT2D eigenvalue weighted by molar-refractivity contribution is 0.309. The Labute approximate surface area is 79.9 Å². The van der Waals surface area contributed by atoms with Gasteiger partial charge in [0, 0.05) is 13.1 Å². The minimum atomic E-state index is -0.0115. The largest absolute Gasteiger partial charge is 0.384 e. The molecular formula is C11H17NO. The van der Waals surface area contributed by atoms with Gasteiger partial charge >= 0.3 is 0 Å². The summed E-state index contributed by atoms with van der Waals surface area (Å²) in [5.74, 6) is 5.67. The van der Waals surface area contributed by atoms with Gasteiger partial charge in [-0.15, -0.1) is 0 Å². The van der Waals surface area contributed by atoms with E-state index >= 15 is 0 Å². The first-order chi connectivity index (χ1) is 6.10. The van der Waals surface area contributed by atoms with Crippen molar-refractivity contribution < 1.29 is 5.11 Å². The Kier molecular flexibility index (Phi) is 1.90. The number of aliphatic hydroxyl groups excluding tert-OH is 1. The molecule has 2 rings (SSSR count). The van der Waals surface area contributed by atoms with Crippen molar-refractivity contribution in [3.05, 3.63) is 0 Å². The van der Waals surface area contributed by atoms with Crippen LogP contribution in [0.25, 0.3) is 0 Å². The van der Waals surface area contributed by atoms with Crippen molar-refractivity contribution >= 4 is 0 Å². The third-order valence-corrected chi connectivity index (χ3v) is 3.76. The maximum Gasteiger partial charge on any atom is 0.104 e. The molecule has 0 bridgehead atoms. The van der Waals surface area contributed by atoms with E-state index in [0.717, 1.165) is 6.54 Å². The Balaban J connectivity index is 1.87. The normalized spacial score (nSPS) is 42.4. The highest BCUT2D eigenvalue weighted by Gasteiger charge is 2.65. The van der Waals surface area contributed by atoms with E-state index in [9.17, 15) is 0 Å². The topological polar surface area (TPSA) is 23.5 Å². The standard InChI is InChI=1S/C11H17NO/c1-10-7-11(10,2)9-12(8-10)5-3-4-6-13/h13H,5-9H2,1-2H3/t10-,11+. The Morgan fingerprint density at radius 1 is 1.23 bits per heavy atom. The second-order valence-corrected chi connectivity index (χ2v) is 4.95. The lowest BCUT2D eigenvalue weighted by atomic mass is 10.0. The second kappa shape index (κ2) is 2.73. The molecule has 1 aliphatic carbocycles. The molecule has 0 aromatic heterocycles. The minimum Gasteiger partial charge on any atom is -0.384 e. The van der Waals surface area contributed by atoms with Gasteiger partial charge in [-0.1, -0.05) is 25.7 Å². The van der Waals surface area contributed by atoms with Gasteiger partial charge in [-0.25, -0.2) is 0 Å². The van der Waals surface area contributed by atoms with Crippen LogP contribution in [0, 0.1) is 22.7 Å². The van der Waals surface area contributed by atoms with Crippen LogP contribution in [0.1, 0.15) is 20.3 Å². The van der Waals surface area contributed by atoms with E-state index in [2.05, 4.69) is 30.6 Å². The van der Waals surface area contributed by atoms with Gasteiger partial charge in [0.25, 0.3) is 0 Å². The molecule has 72 valence electrons. The van der Waals surface area contributed by atoms with Crippen LogP contribution in [0.4, 0.5) is 0 Å². The first kappa shape index (κ1) is 9.05. The maximum atomic E-state index is 8.51. The van der Waals surface area contributed by atoms with Crippen molar-refractivity contribution in [2.75, 3.05) is 26.2 Å². The van der Waals surface area contributed by atoms with Crippen LogP contribution in [0.3, 0.4) is 0 Å². The quantitative estimate of drug-likeness (QED) is 0.599. The van der Waals surface area contributed by atoms with E-state index < -0.39 is 0 Å². The number of piperidine rings is 1. The van der Waals surface area contributed by atoms with Gasteiger partial charge in [0.2, 0.25) is 0 Å². The predicted octanol–water partition coefficient (Wildman–Crippen LogP) is 0.714. The van der Waals surface area contributed by atoms with Gasteiger partial charge < -0.3 is 5.11 Å². The lowest BCUT2D eigenvalue weighted by Gasteiger charge is -2.15. The summed E-state index contributed by atoms with van der Waals surface area (Å²) in [6.45, 7) is 7.92. The van der Waals surface area contributed by atoms with Crippen LogP contribution in [0.2, 0.25) is 0 Å². The molecule has 1 N–H and O–H groups in total. The van der Waals surface area contributed by atoms with E-state index in [1.807, 2.05) is 0 Å². The second-order valence-electron chi connectivity index (χ2n) is 4.95. The number of rotatable bonds is 1. The zero-order valence-electron chi connectivity index (χ0n) is 8.43. The fourth-order valence-corrected chi connectivity index (χ4v) is 2.69. The number of aliphatic hydroxyl groups is 1. The monoisotopic (exact) mass is 179 g/mol. The average Bonchev–Trinajstić information content (AvgIpc) is 2.43. The number of likely N-dealkylation sites (tertiary alicyclic amines) is 1. The molecule has 1 saturated heterocycles. The Morgan fingerprint density at radius 3 is 2.38 bits per heavy atom. The van der Waals surface area contributed by atoms with Crippen LogP contribution >= 0.6 is 0 Å². The summed E-state index contributed by atoms with van der Waals surface area (Å²) in [5, 5.41) is 8.51. The highest BCUT2D eigenvalue weighted by Crippen LogP contribution is 2.67. The van der Waals surface area contributed by atoms with Gasteiger partial charge in [-0.05, 0) is 17.3 Å². The van der Waals surface area contributed by atoms with E-state index in [4.69, 9.17) is 5.11 Å². The van der Waals surface area contributed by atoms with Crippen molar-refractivity contribution in [1.82, 2.24) is 4.90 Å². The molecule has 1 saturated carbocycles. The zero-order valence-corrected chi connectivity index (χ0v) is 8.43. The van der Waals surface area contributed by atoms with E-state index in [1.54, 1.807) is 0 Å². The van der Waals surface area contributed by atoms with E-state index in [-0.39, 0.29) is 6.61 Å². The zero-order chi connectivity index (χ0) is 9.53. The minimum absolute atomic E-state index is 0.0115. The van der Waals surface area contributed by atoms with Gasteiger partial charge in [-0.3, -0.25) is 4.90 Å². The van der Waals surface area contributed by atoms with Gasteiger partial charge in [0.15, 0.2) is 0 Å². The van der Waals surface area contributed by atoms with Crippen LogP contribution in [-0.2, 0) is 0 Å². The van der Waals surface area contributed by atoms with Crippen LogP contribution < -0.4 is 0 Å². The molecule has 13 heavy (non-hydrogen) atoms. The lowest BCUT2D eigenvalue weighted by Crippen LogP contribution is -2.25. The first-order valence-corrected chi connectivity index (χ1v) is 4.89. The highest BCUT2D eigenvalue weighted by atomic mass is 16.2. The summed E-state index contributed by atoms with van der Waals surface area (Å²) in [6.07, 6.45) is 1.38. The molecule has 0 aromatic rings. The summed E-state index contributed by atoms with van der Waals surface area (Å²) >= 11 is 0. The molecule has 2 heteroatoms. The fourth-order valence-electron chi connectivity index (χ4n) is 2.69. The van der Waals surface area contributed by atoms with Crippen molar-refractivity contribution in [1.29, 1.82) is 0 Å². The van der Waals surface area contributed by atoms with Gasteiger partial charge in [0.1, 0.15) is 6.61 Å². The average molecular weight is 179 g/mol. The summed E-state index contributed by atoms with van der Waals surface area (Å²) < 4.78 is 0. The molecule has 2 aliphatic rings. The molecule has 1 heterocycles. The SMILES string of the molecule is C[C@@]12CN(CC#CCO)C[C@]1(C)C2. The smallest absolute Gasteiger partial charge is 0.104 e. The number of hydrogen-bond donors (Lipinski definition) is 1. The first-order valence-electron chi connectivity index (χ1n) is 4.89. The third-order valence-electron chi connectivity index (χ3n) is 3.76. The molecule has 0 unspecified atom stereocenters. The molecule has 2 fully saturated rings.